The minimum absolute atomic E-state index is 0.0158. The number of aliphatic hydroxyl groups excluding tert-OH is 1. The molecule has 0 aliphatic carbocycles. The Morgan fingerprint density at radius 1 is 1.29 bits per heavy atom. The topological polar surface area (TPSA) is 96.7 Å². The summed E-state index contributed by atoms with van der Waals surface area (Å²) in [7, 11) is -6.83. The van der Waals surface area contributed by atoms with Crippen molar-refractivity contribution < 1.29 is 21.9 Å². The summed E-state index contributed by atoms with van der Waals surface area (Å²) in [6.07, 6.45) is 2.33. The second kappa shape index (κ2) is 6.07. The van der Waals surface area contributed by atoms with E-state index >= 15 is 0 Å². The van der Waals surface area contributed by atoms with Gasteiger partial charge in [-0.1, -0.05) is 6.92 Å². The van der Waals surface area contributed by atoms with E-state index < -0.39 is 19.9 Å². The van der Waals surface area contributed by atoms with E-state index in [4.69, 9.17) is 0 Å². The van der Waals surface area contributed by atoms with E-state index in [0.717, 1.165) is 6.42 Å². The van der Waals surface area contributed by atoms with Crippen molar-refractivity contribution in [1.29, 1.82) is 0 Å². The van der Waals surface area contributed by atoms with Crippen molar-refractivity contribution in [1.82, 2.24) is 8.87 Å². The molecule has 0 atom stereocenters. The molecule has 21 heavy (non-hydrogen) atoms. The van der Waals surface area contributed by atoms with E-state index in [1.165, 1.54) is 16.6 Å². The maximum atomic E-state index is 12.5. The number of rotatable bonds is 5. The fourth-order valence-electron chi connectivity index (χ4n) is 2.33. The van der Waals surface area contributed by atoms with Gasteiger partial charge in [0.05, 0.1) is 18.1 Å². The van der Waals surface area contributed by atoms with Crippen LogP contribution in [0.1, 0.15) is 19.0 Å². The molecule has 1 fully saturated rings. The summed E-state index contributed by atoms with van der Waals surface area (Å²) in [4.78, 5) is 0.110. The molecule has 9 heteroatoms. The van der Waals surface area contributed by atoms with Gasteiger partial charge in [-0.05, 0) is 12.5 Å². The highest BCUT2D eigenvalue weighted by Gasteiger charge is 2.32. The summed E-state index contributed by atoms with van der Waals surface area (Å²) in [5.41, 5.74) is 0.542. The van der Waals surface area contributed by atoms with Gasteiger partial charge in [-0.25, -0.2) is 16.8 Å². The zero-order valence-corrected chi connectivity index (χ0v) is 13.5. The Hall–Kier alpha value is -0.900. The van der Waals surface area contributed by atoms with Gasteiger partial charge in [0.25, 0.3) is 0 Å². The highest BCUT2D eigenvalue weighted by Crippen LogP contribution is 2.21. The molecule has 1 N–H and O–H groups in total. The zero-order valence-electron chi connectivity index (χ0n) is 11.9. The lowest BCUT2D eigenvalue weighted by Crippen LogP contribution is -2.43. The van der Waals surface area contributed by atoms with Crippen LogP contribution in [0.4, 0.5) is 0 Å². The molecule has 0 amide bonds. The Morgan fingerprint density at radius 3 is 2.43 bits per heavy atom. The minimum Gasteiger partial charge on any atom is -0.390 e. The number of sulfone groups is 1. The van der Waals surface area contributed by atoms with Gasteiger partial charge < -0.3 is 9.67 Å². The Morgan fingerprint density at radius 2 is 1.90 bits per heavy atom. The third-order valence-corrected chi connectivity index (χ3v) is 7.00. The van der Waals surface area contributed by atoms with Crippen molar-refractivity contribution in [3.05, 3.63) is 18.0 Å². The molecule has 1 aliphatic rings. The van der Waals surface area contributed by atoms with Crippen molar-refractivity contribution in [3.63, 3.8) is 0 Å². The van der Waals surface area contributed by atoms with E-state index in [9.17, 15) is 21.9 Å². The quantitative estimate of drug-likeness (QED) is 0.804. The van der Waals surface area contributed by atoms with Crippen molar-refractivity contribution in [2.24, 2.45) is 0 Å². The monoisotopic (exact) mass is 336 g/mol. The number of hydrogen-bond acceptors (Lipinski definition) is 5. The molecule has 7 nitrogen and oxygen atoms in total. The molecule has 0 bridgehead atoms. The summed E-state index contributed by atoms with van der Waals surface area (Å²) in [5.74, 6) is -0.288. The summed E-state index contributed by atoms with van der Waals surface area (Å²) in [6, 6.07) is 1.45. The lowest BCUT2D eigenvalue weighted by atomic mass is 10.4. The maximum absolute atomic E-state index is 12.5. The predicted octanol–water partition coefficient (Wildman–Crippen LogP) is -0.190. The minimum atomic E-state index is -3.71. The van der Waals surface area contributed by atoms with Crippen LogP contribution in [0.25, 0.3) is 0 Å². The number of aromatic nitrogens is 1. The van der Waals surface area contributed by atoms with Crippen molar-refractivity contribution in [2.45, 2.75) is 31.4 Å². The van der Waals surface area contributed by atoms with Crippen molar-refractivity contribution in [3.8, 4) is 0 Å². The molecule has 0 aromatic carbocycles. The largest absolute Gasteiger partial charge is 0.390 e. The SMILES string of the molecule is CCCn1cc(S(=O)(=O)N2CCS(=O)(=O)CC2)cc1CO. The first kappa shape index (κ1) is 16.5. The molecule has 1 saturated heterocycles. The van der Waals surface area contributed by atoms with Crippen LogP contribution in [0.15, 0.2) is 17.2 Å². The number of aliphatic hydroxyl groups is 1. The van der Waals surface area contributed by atoms with E-state index in [-0.39, 0.29) is 36.1 Å². The summed E-state index contributed by atoms with van der Waals surface area (Å²) in [5, 5.41) is 9.29. The number of nitrogens with zero attached hydrogens (tertiary/aromatic N) is 2. The van der Waals surface area contributed by atoms with Crippen molar-refractivity contribution >= 4 is 19.9 Å². The van der Waals surface area contributed by atoms with Crippen LogP contribution in [0.3, 0.4) is 0 Å². The van der Waals surface area contributed by atoms with Crippen LogP contribution < -0.4 is 0 Å². The molecule has 2 rings (SSSR count). The molecular weight excluding hydrogens is 316 g/mol. The smallest absolute Gasteiger partial charge is 0.244 e. The Balaban J connectivity index is 2.28. The Bertz CT molecular complexity index is 692. The zero-order chi connectivity index (χ0) is 15.7. The molecule has 0 spiro atoms. The molecule has 120 valence electrons. The molecular formula is C12H20N2O5S2. The van der Waals surface area contributed by atoms with Crippen LogP contribution in [-0.4, -0.2) is 55.4 Å². The third kappa shape index (κ3) is 3.47. The second-order valence-electron chi connectivity index (χ2n) is 5.07. The Kier molecular flexibility index (Phi) is 4.76. The van der Waals surface area contributed by atoms with Gasteiger partial charge in [0.1, 0.15) is 4.90 Å². The normalized spacial score (nSPS) is 19.7. The molecule has 2 heterocycles. The molecule has 0 radical (unpaired) electrons. The summed E-state index contributed by atoms with van der Waals surface area (Å²) in [6.45, 7) is 2.32. The second-order valence-corrected chi connectivity index (χ2v) is 9.32. The first-order valence-electron chi connectivity index (χ1n) is 6.80. The lowest BCUT2D eigenvalue weighted by Gasteiger charge is -2.25. The first-order chi connectivity index (χ1) is 9.80. The van der Waals surface area contributed by atoms with E-state index in [2.05, 4.69) is 0 Å². The van der Waals surface area contributed by atoms with Gasteiger partial charge in [0.2, 0.25) is 10.0 Å². The van der Waals surface area contributed by atoms with Crippen molar-refractivity contribution in [2.75, 3.05) is 24.6 Å². The van der Waals surface area contributed by atoms with E-state index in [1.807, 2.05) is 6.92 Å². The molecule has 1 aromatic heterocycles. The standard InChI is InChI=1S/C12H20N2O5S2/c1-2-3-13-9-12(8-11(13)10-15)21(18,19)14-4-6-20(16,17)7-5-14/h8-9,15H,2-7,10H2,1H3. The number of hydrogen-bond donors (Lipinski definition) is 1. The summed E-state index contributed by atoms with van der Waals surface area (Å²) >= 11 is 0. The van der Waals surface area contributed by atoms with E-state index in [1.54, 1.807) is 4.57 Å². The molecule has 1 aliphatic heterocycles. The highest BCUT2D eigenvalue weighted by molar-refractivity contribution is 7.92. The van der Waals surface area contributed by atoms with Crippen LogP contribution >= 0.6 is 0 Å². The maximum Gasteiger partial charge on any atom is 0.244 e. The fraction of sp³-hybridized carbons (Fsp3) is 0.667. The molecule has 1 aromatic rings. The fourth-order valence-corrected chi connectivity index (χ4v) is 5.27. The molecule has 0 saturated carbocycles. The van der Waals surface area contributed by atoms with Gasteiger partial charge in [-0.15, -0.1) is 0 Å². The third-order valence-electron chi connectivity index (χ3n) is 3.53. The van der Waals surface area contributed by atoms with E-state index in [0.29, 0.717) is 12.2 Å². The van der Waals surface area contributed by atoms with Gasteiger partial charge in [-0.2, -0.15) is 4.31 Å². The van der Waals surface area contributed by atoms with Crippen LogP contribution in [0.2, 0.25) is 0 Å². The predicted molar refractivity (Wildman–Crippen MR) is 78.1 cm³/mol. The van der Waals surface area contributed by atoms with Crippen LogP contribution in [0, 0.1) is 0 Å². The number of sulfonamides is 1. The Labute approximate surface area is 125 Å². The van der Waals surface area contributed by atoms with Crippen LogP contribution in [0.5, 0.6) is 0 Å². The summed E-state index contributed by atoms with van der Waals surface area (Å²) < 4.78 is 50.7. The number of aryl methyl sites for hydroxylation is 1. The van der Waals surface area contributed by atoms with Gasteiger partial charge >= 0.3 is 0 Å². The van der Waals surface area contributed by atoms with Gasteiger partial charge in [0, 0.05) is 31.5 Å². The van der Waals surface area contributed by atoms with Gasteiger partial charge in [0.15, 0.2) is 9.84 Å². The highest BCUT2D eigenvalue weighted by atomic mass is 32.2. The average Bonchev–Trinajstić information content (AvgIpc) is 2.82. The average molecular weight is 336 g/mol. The van der Waals surface area contributed by atoms with Crippen LogP contribution in [-0.2, 0) is 33.0 Å². The molecule has 0 unspecified atom stereocenters. The lowest BCUT2D eigenvalue weighted by molar-refractivity contribution is 0.270. The van der Waals surface area contributed by atoms with Gasteiger partial charge in [-0.3, -0.25) is 0 Å². The first-order valence-corrected chi connectivity index (χ1v) is 10.1.